The predicted molar refractivity (Wildman–Crippen MR) is 138 cm³/mol. The Labute approximate surface area is 201 Å². The number of piperazine rings is 1. The Morgan fingerprint density at radius 1 is 1.09 bits per heavy atom. The number of aryl methyl sites for hydroxylation is 2. The van der Waals surface area contributed by atoms with E-state index in [0.717, 1.165) is 80.2 Å². The van der Waals surface area contributed by atoms with Gasteiger partial charge in [0, 0.05) is 43.9 Å². The van der Waals surface area contributed by atoms with E-state index in [1.54, 1.807) is 13.8 Å². The number of allylic oxidation sites excluding steroid dienone is 2. The number of ether oxygens (including phenoxy) is 1. The van der Waals surface area contributed by atoms with Gasteiger partial charge in [-0.15, -0.1) is 0 Å². The fourth-order valence-electron chi connectivity index (χ4n) is 4.54. The smallest absolute Gasteiger partial charge is 0.162 e. The fraction of sp³-hybridized carbons (Fsp3) is 0.407. The molecule has 1 saturated heterocycles. The summed E-state index contributed by atoms with van der Waals surface area (Å²) in [6.45, 7) is 9.90. The van der Waals surface area contributed by atoms with Crippen LogP contribution < -0.4 is 20.8 Å². The summed E-state index contributed by atoms with van der Waals surface area (Å²) >= 11 is 0. The van der Waals surface area contributed by atoms with Crippen molar-refractivity contribution in [3.8, 4) is 5.75 Å². The molecule has 7 nitrogen and oxygen atoms in total. The van der Waals surface area contributed by atoms with Gasteiger partial charge in [-0.2, -0.15) is 0 Å². The topological polar surface area (TPSA) is 85.4 Å². The molecule has 1 aliphatic rings. The number of nitrogens with two attached hydrogens (primary N) is 1. The molecule has 1 fully saturated rings. The number of carbonyl (C=O) groups excluding carboxylic acids is 1. The first-order valence-corrected chi connectivity index (χ1v) is 12.1. The number of benzene rings is 2. The zero-order chi connectivity index (χ0) is 24.1. The molecule has 7 heteroatoms. The van der Waals surface area contributed by atoms with Gasteiger partial charge >= 0.3 is 0 Å². The second-order valence-electron chi connectivity index (χ2n) is 8.85. The van der Waals surface area contributed by atoms with Crippen molar-refractivity contribution in [3.63, 3.8) is 0 Å². The van der Waals surface area contributed by atoms with Crippen molar-refractivity contribution in [1.82, 2.24) is 15.0 Å². The molecule has 4 rings (SSSR count). The Hall–Kier alpha value is -3.32. The van der Waals surface area contributed by atoms with Gasteiger partial charge in [-0.1, -0.05) is 25.1 Å². The normalized spacial score (nSPS) is 14.9. The monoisotopic (exact) mass is 461 g/mol. The molecule has 1 aromatic heterocycles. The average Bonchev–Trinajstić information content (AvgIpc) is 3.20. The van der Waals surface area contributed by atoms with Crippen LogP contribution in [0.2, 0.25) is 0 Å². The number of nitrogens with zero attached hydrogens (tertiary/aromatic N) is 3. The van der Waals surface area contributed by atoms with Crippen LogP contribution in [0.1, 0.15) is 44.1 Å². The van der Waals surface area contributed by atoms with Gasteiger partial charge in [0.15, 0.2) is 5.78 Å². The minimum absolute atomic E-state index is 0.0347. The van der Waals surface area contributed by atoms with Crippen LogP contribution in [0.4, 0.5) is 0 Å². The van der Waals surface area contributed by atoms with Crippen LogP contribution in [0.25, 0.3) is 16.6 Å². The first-order valence-electron chi connectivity index (χ1n) is 12.1. The van der Waals surface area contributed by atoms with E-state index in [-0.39, 0.29) is 5.78 Å². The quantitative estimate of drug-likeness (QED) is 0.475. The number of hydrogen-bond acceptors (Lipinski definition) is 6. The zero-order valence-corrected chi connectivity index (χ0v) is 20.4. The van der Waals surface area contributed by atoms with Crippen molar-refractivity contribution in [3.05, 3.63) is 65.1 Å². The number of Topliss-reactive ketones (excluding diaryl/α,β-unsaturated/α-hetero) is 1. The first-order chi connectivity index (χ1) is 16.5. The minimum Gasteiger partial charge on any atom is -0.494 e. The first kappa shape index (κ1) is 23.8. The average molecular weight is 462 g/mol. The number of carbonyl (C=O) groups is 1. The van der Waals surface area contributed by atoms with Gasteiger partial charge in [0.05, 0.1) is 17.6 Å². The van der Waals surface area contributed by atoms with Crippen molar-refractivity contribution < 1.29 is 9.53 Å². The van der Waals surface area contributed by atoms with Crippen LogP contribution in [0.15, 0.2) is 48.2 Å². The lowest BCUT2D eigenvalue weighted by molar-refractivity contribution is -0.111. The molecule has 0 saturated carbocycles. The third kappa shape index (κ3) is 5.25. The van der Waals surface area contributed by atoms with Crippen LogP contribution in [0, 0.1) is 0 Å². The summed E-state index contributed by atoms with van der Waals surface area (Å²) in [5.41, 5.74) is 11.1. The van der Waals surface area contributed by atoms with Crippen molar-refractivity contribution in [1.29, 1.82) is 0 Å². The van der Waals surface area contributed by atoms with Crippen LogP contribution in [-0.2, 0) is 17.6 Å². The summed E-state index contributed by atoms with van der Waals surface area (Å²) in [4.78, 5) is 17.2. The maximum absolute atomic E-state index is 12.2. The summed E-state index contributed by atoms with van der Waals surface area (Å²) in [5.74, 6) is 1.90. The van der Waals surface area contributed by atoms with E-state index in [1.807, 2.05) is 24.3 Å². The van der Waals surface area contributed by atoms with E-state index < -0.39 is 0 Å². The van der Waals surface area contributed by atoms with E-state index in [1.165, 1.54) is 5.56 Å². The molecular weight excluding hydrogens is 426 g/mol. The van der Waals surface area contributed by atoms with E-state index >= 15 is 0 Å². The van der Waals surface area contributed by atoms with Gasteiger partial charge in [-0.3, -0.25) is 4.79 Å². The second kappa shape index (κ2) is 10.7. The number of ketones is 1. The molecule has 0 radical (unpaired) electrons. The number of aromatic nitrogens is 2. The standard InChI is InChI=1S/C27H35N5O2/c1-4-17-34-23-9-5-21(6-10-23)7-12-26-30-24-18-22(27(19(2)28)20(3)33)8-11-25(24)32(26)31-15-13-29-14-16-31/h5-6,8-11,18,29H,4,7,12-17,28H2,1-3H3. The van der Waals surface area contributed by atoms with Crippen LogP contribution >= 0.6 is 0 Å². The maximum atomic E-state index is 12.2. The summed E-state index contributed by atoms with van der Waals surface area (Å²) in [6, 6.07) is 14.4. The highest BCUT2D eigenvalue weighted by Crippen LogP contribution is 2.25. The van der Waals surface area contributed by atoms with Crippen LogP contribution in [0.5, 0.6) is 5.75 Å². The molecule has 3 aromatic rings. The molecule has 0 amide bonds. The van der Waals surface area contributed by atoms with Gasteiger partial charge in [0.2, 0.25) is 0 Å². The second-order valence-corrected chi connectivity index (χ2v) is 8.85. The molecule has 34 heavy (non-hydrogen) atoms. The highest BCUT2D eigenvalue weighted by Gasteiger charge is 2.20. The fourth-order valence-corrected chi connectivity index (χ4v) is 4.54. The number of hydrogen-bond donors (Lipinski definition) is 2. The number of rotatable bonds is 9. The molecule has 0 spiro atoms. The molecular formula is C27H35N5O2. The van der Waals surface area contributed by atoms with Crippen molar-refractivity contribution in [2.45, 2.75) is 40.0 Å². The molecule has 0 aliphatic carbocycles. The summed E-state index contributed by atoms with van der Waals surface area (Å²) < 4.78 is 7.98. The Kier molecular flexibility index (Phi) is 7.53. The highest BCUT2D eigenvalue weighted by molar-refractivity contribution is 6.20. The van der Waals surface area contributed by atoms with Crippen molar-refractivity contribution >= 4 is 22.4 Å². The maximum Gasteiger partial charge on any atom is 0.162 e. The summed E-state index contributed by atoms with van der Waals surface area (Å²) in [6.07, 6.45) is 2.70. The minimum atomic E-state index is -0.0347. The summed E-state index contributed by atoms with van der Waals surface area (Å²) in [7, 11) is 0. The molecule has 0 unspecified atom stereocenters. The largest absolute Gasteiger partial charge is 0.494 e. The van der Waals surface area contributed by atoms with Crippen molar-refractivity contribution in [2.24, 2.45) is 5.73 Å². The lowest BCUT2D eigenvalue weighted by Crippen LogP contribution is -2.49. The predicted octanol–water partition coefficient (Wildman–Crippen LogP) is 3.43. The van der Waals surface area contributed by atoms with Crippen LogP contribution in [0.3, 0.4) is 0 Å². The van der Waals surface area contributed by atoms with E-state index in [2.05, 4.69) is 40.1 Å². The lowest BCUT2D eigenvalue weighted by Gasteiger charge is -2.32. The molecule has 2 heterocycles. The molecule has 0 bridgehead atoms. The summed E-state index contributed by atoms with van der Waals surface area (Å²) in [5, 5.41) is 5.79. The molecule has 1 aliphatic heterocycles. The lowest BCUT2D eigenvalue weighted by atomic mass is 10.0. The molecule has 0 atom stereocenters. The Morgan fingerprint density at radius 3 is 2.47 bits per heavy atom. The Bertz CT molecular complexity index is 1170. The van der Waals surface area contributed by atoms with Gasteiger partial charge < -0.3 is 20.8 Å². The number of nitrogens with one attached hydrogen (secondary N) is 1. The number of imidazole rings is 1. The van der Waals surface area contributed by atoms with E-state index in [9.17, 15) is 4.79 Å². The number of fused-ring (bicyclic) bond motifs is 1. The third-order valence-electron chi connectivity index (χ3n) is 6.14. The van der Waals surface area contributed by atoms with Gasteiger partial charge in [0.1, 0.15) is 11.6 Å². The van der Waals surface area contributed by atoms with Crippen molar-refractivity contribution in [2.75, 3.05) is 37.8 Å². The SMILES string of the molecule is CCCOc1ccc(CCc2nc3cc(C(C(C)=O)=C(C)N)ccc3n2N2CCNCC2)cc1. The van der Waals surface area contributed by atoms with Gasteiger partial charge in [-0.05, 0) is 62.1 Å². The third-order valence-corrected chi connectivity index (χ3v) is 6.14. The van der Waals surface area contributed by atoms with Gasteiger partial charge in [0.25, 0.3) is 0 Å². The zero-order valence-electron chi connectivity index (χ0n) is 20.4. The van der Waals surface area contributed by atoms with Crippen LogP contribution in [-0.4, -0.2) is 48.2 Å². The van der Waals surface area contributed by atoms with E-state index in [4.69, 9.17) is 15.5 Å². The molecule has 180 valence electrons. The Balaban J connectivity index is 1.65. The molecule has 3 N–H and O–H groups in total. The Morgan fingerprint density at radius 2 is 1.82 bits per heavy atom. The molecule has 2 aromatic carbocycles. The highest BCUT2D eigenvalue weighted by atomic mass is 16.5. The van der Waals surface area contributed by atoms with E-state index in [0.29, 0.717) is 11.3 Å². The van der Waals surface area contributed by atoms with Gasteiger partial charge in [-0.25, -0.2) is 9.66 Å².